The van der Waals surface area contributed by atoms with E-state index in [1.807, 2.05) is 48.9 Å². The number of imidazole rings is 1. The molecule has 18 heavy (non-hydrogen) atoms. The zero-order valence-electron chi connectivity index (χ0n) is 11.2. The maximum Gasteiger partial charge on any atom is 0.108 e. The van der Waals surface area contributed by atoms with Gasteiger partial charge in [0.1, 0.15) is 5.82 Å². The molecule has 0 aliphatic carbocycles. The van der Waals surface area contributed by atoms with Crippen LogP contribution in [0.25, 0.3) is 0 Å². The van der Waals surface area contributed by atoms with Gasteiger partial charge in [0.15, 0.2) is 0 Å². The standard InChI is InChI=1S/C15H20N2O/c1-4-14-16-9-10-17(14)12(3)15(18)13-7-5-11(2)6-8-13/h5-10,12,15,18H,4H2,1-3H3. The monoisotopic (exact) mass is 244 g/mol. The minimum absolute atomic E-state index is 0.00911. The minimum Gasteiger partial charge on any atom is -0.386 e. The molecule has 0 saturated carbocycles. The van der Waals surface area contributed by atoms with Crippen LogP contribution in [0.5, 0.6) is 0 Å². The number of rotatable bonds is 4. The van der Waals surface area contributed by atoms with Crippen LogP contribution in [-0.2, 0) is 6.42 Å². The molecule has 2 unspecified atom stereocenters. The van der Waals surface area contributed by atoms with Crippen molar-refractivity contribution in [2.75, 3.05) is 0 Å². The number of hydrogen-bond acceptors (Lipinski definition) is 2. The van der Waals surface area contributed by atoms with E-state index < -0.39 is 6.10 Å². The Hall–Kier alpha value is -1.61. The van der Waals surface area contributed by atoms with Crippen molar-refractivity contribution < 1.29 is 5.11 Å². The Balaban J connectivity index is 2.23. The van der Waals surface area contributed by atoms with Crippen LogP contribution in [0.2, 0.25) is 0 Å². The fraction of sp³-hybridized carbons (Fsp3) is 0.400. The van der Waals surface area contributed by atoms with Gasteiger partial charge in [-0.2, -0.15) is 0 Å². The van der Waals surface area contributed by atoms with Crippen molar-refractivity contribution in [2.45, 2.75) is 39.3 Å². The summed E-state index contributed by atoms with van der Waals surface area (Å²) in [5.74, 6) is 1.01. The van der Waals surface area contributed by atoms with Crippen LogP contribution in [-0.4, -0.2) is 14.7 Å². The van der Waals surface area contributed by atoms with Gasteiger partial charge in [-0.15, -0.1) is 0 Å². The predicted molar refractivity (Wildman–Crippen MR) is 72.5 cm³/mol. The molecule has 0 fully saturated rings. The number of benzene rings is 1. The summed E-state index contributed by atoms with van der Waals surface area (Å²) in [7, 11) is 0. The highest BCUT2D eigenvalue weighted by molar-refractivity contribution is 5.24. The Kier molecular flexibility index (Phi) is 3.82. The van der Waals surface area contributed by atoms with Crippen LogP contribution < -0.4 is 0 Å². The van der Waals surface area contributed by atoms with Gasteiger partial charge in [-0.3, -0.25) is 0 Å². The van der Waals surface area contributed by atoms with Crippen LogP contribution >= 0.6 is 0 Å². The van der Waals surface area contributed by atoms with E-state index in [1.165, 1.54) is 5.56 Å². The first-order valence-electron chi connectivity index (χ1n) is 6.39. The molecular formula is C15H20N2O. The highest BCUT2D eigenvalue weighted by Gasteiger charge is 2.19. The highest BCUT2D eigenvalue weighted by atomic mass is 16.3. The quantitative estimate of drug-likeness (QED) is 0.897. The fourth-order valence-corrected chi connectivity index (χ4v) is 2.18. The molecule has 2 rings (SSSR count). The summed E-state index contributed by atoms with van der Waals surface area (Å²) in [5.41, 5.74) is 2.15. The molecule has 2 atom stereocenters. The largest absolute Gasteiger partial charge is 0.386 e. The number of aliphatic hydroxyl groups is 1. The van der Waals surface area contributed by atoms with E-state index in [9.17, 15) is 5.11 Å². The molecular weight excluding hydrogens is 224 g/mol. The van der Waals surface area contributed by atoms with Gasteiger partial charge in [0.25, 0.3) is 0 Å². The van der Waals surface area contributed by atoms with Gasteiger partial charge >= 0.3 is 0 Å². The second kappa shape index (κ2) is 5.36. The normalized spacial score (nSPS) is 14.4. The summed E-state index contributed by atoms with van der Waals surface area (Å²) < 4.78 is 2.05. The van der Waals surface area contributed by atoms with E-state index in [2.05, 4.69) is 11.9 Å². The van der Waals surface area contributed by atoms with Crippen LogP contribution in [0.1, 0.15) is 42.9 Å². The second-order valence-electron chi connectivity index (χ2n) is 4.70. The van der Waals surface area contributed by atoms with E-state index in [4.69, 9.17) is 0 Å². The van der Waals surface area contributed by atoms with Crippen LogP contribution in [0, 0.1) is 6.92 Å². The first-order chi connectivity index (χ1) is 8.63. The number of nitrogens with zero attached hydrogens (tertiary/aromatic N) is 2. The highest BCUT2D eigenvalue weighted by Crippen LogP contribution is 2.27. The smallest absolute Gasteiger partial charge is 0.108 e. The molecule has 0 aliphatic rings. The summed E-state index contributed by atoms with van der Waals surface area (Å²) in [4.78, 5) is 4.30. The number of aryl methyl sites for hydroxylation is 2. The second-order valence-corrected chi connectivity index (χ2v) is 4.70. The molecule has 0 saturated heterocycles. The SMILES string of the molecule is CCc1nccn1C(C)C(O)c1ccc(C)cc1. The summed E-state index contributed by atoms with van der Waals surface area (Å²) >= 11 is 0. The van der Waals surface area contributed by atoms with E-state index >= 15 is 0 Å². The van der Waals surface area contributed by atoms with Crippen molar-refractivity contribution in [3.05, 3.63) is 53.6 Å². The van der Waals surface area contributed by atoms with Crippen molar-refractivity contribution in [3.63, 3.8) is 0 Å². The topological polar surface area (TPSA) is 38.0 Å². The predicted octanol–water partition coefficient (Wildman–Crippen LogP) is 3.05. The first kappa shape index (κ1) is 12.8. The Morgan fingerprint density at radius 1 is 1.28 bits per heavy atom. The molecule has 0 bridgehead atoms. The molecule has 0 radical (unpaired) electrons. The Morgan fingerprint density at radius 3 is 2.56 bits per heavy atom. The molecule has 0 aliphatic heterocycles. The van der Waals surface area contributed by atoms with Crippen LogP contribution in [0.3, 0.4) is 0 Å². The van der Waals surface area contributed by atoms with Gasteiger partial charge in [0, 0.05) is 18.8 Å². The lowest BCUT2D eigenvalue weighted by Gasteiger charge is -2.22. The average molecular weight is 244 g/mol. The minimum atomic E-state index is -0.509. The number of aromatic nitrogens is 2. The summed E-state index contributed by atoms with van der Waals surface area (Å²) in [5, 5.41) is 10.4. The first-order valence-corrected chi connectivity index (χ1v) is 6.39. The molecule has 1 aromatic carbocycles. The van der Waals surface area contributed by atoms with Gasteiger partial charge in [-0.25, -0.2) is 4.98 Å². The van der Waals surface area contributed by atoms with Crippen molar-refractivity contribution in [1.82, 2.24) is 9.55 Å². The molecule has 96 valence electrons. The summed E-state index contributed by atoms with van der Waals surface area (Å²) in [6.45, 7) is 6.14. The third-order valence-electron chi connectivity index (χ3n) is 3.38. The van der Waals surface area contributed by atoms with Gasteiger partial charge in [-0.05, 0) is 19.4 Å². The Morgan fingerprint density at radius 2 is 1.94 bits per heavy atom. The lowest BCUT2D eigenvalue weighted by molar-refractivity contribution is 0.120. The summed E-state index contributed by atoms with van der Waals surface area (Å²) in [6, 6.07) is 8.02. The Bertz CT molecular complexity index is 501. The molecule has 1 heterocycles. The van der Waals surface area contributed by atoms with Crippen molar-refractivity contribution in [2.24, 2.45) is 0 Å². The maximum absolute atomic E-state index is 10.4. The lowest BCUT2D eigenvalue weighted by atomic mass is 10.0. The third kappa shape index (κ3) is 2.46. The molecule has 2 aromatic rings. The van der Waals surface area contributed by atoms with E-state index in [-0.39, 0.29) is 6.04 Å². The lowest BCUT2D eigenvalue weighted by Crippen LogP contribution is -2.16. The van der Waals surface area contributed by atoms with Crippen molar-refractivity contribution in [1.29, 1.82) is 0 Å². The van der Waals surface area contributed by atoms with Crippen molar-refractivity contribution >= 4 is 0 Å². The number of hydrogen-bond donors (Lipinski definition) is 1. The van der Waals surface area contributed by atoms with E-state index in [0.717, 1.165) is 17.8 Å². The Labute approximate surface area is 108 Å². The molecule has 3 heteroatoms. The van der Waals surface area contributed by atoms with Gasteiger partial charge in [-0.1, -0.05) is 36.8 Å². The average Bonchev–Trinajstić information content (AvgIpc) is 2.86. The fourth-order valence-electron chi connectivity index (χ4n) is 2.18. The van der Waals surface area contributed by atoms with Gasteiger partial charge < -0.3 is 9.67 Å². The molecule has 0 spiro atoms. The zero-order valence-corrected chi connectivity index (χ0v) is 11.2. The maximum atomic E-state index is 10.4. The van der Waals surface area contributed by atoms with Crippen molar-refractivity contribution in [3.8, 4) is 0 Å². The summed E-state index contributed by atoms with van der Waals surface area (Å²) in [6.07, 6.45) is 4.08. The molecule has 3 nitrogen and oxygen atoms in total. The van der Waals surface area contributed by atoms with Gasteiger partial charge in [0.05, 0.1) is 12.1 Å². The number of aliphatic hydroxyl groups excluding tert-OH is 1. The molecule has 0 amide bonds. The zero-order chi connectivity index (χ0) is 13.1. The van der Waals surface area contributed by atoms with E-state index in [0.29, 0.717) is 0 Å². The third-order valence-corrected chi connectivity index (χ3v) is 3.38. The van der Waals surface area contributed by atoms with Crippen LogP contribution in [0.15, 0.2) is 36.7 Å². The van der Waals surface area contributed by atoms with E-state index in [1.54, 1.807) is 6.20 Å². The molecule has 1 aromatic heterocycles. The van der Waals surface area contributed by atoms with Gasteiger partial charge in [0.2, 0.25) is 0 Å². The van der Waals surface area contributed by atoms with Crippen LogP contribution in [0.4, 0.5) is 0 Å². The molecule has 1 N–H and O–H groups in total.